The second kappa shape index (κ2) is 7.79. The highest BCUT2D eigenvalue weighted by atomic mass is 16.5. The first-order valence-corrected chi connectivity index (χ1v) is 10.2. The highest BCUT2D eigenvalue weighted by Crippen LogP contribution is 2.52. The van der Waals surface area contributed by atoms with Gasteiger partial charge in [-0.3, -0.25) is 4.79 Å². The van der Waals surface area contributed by atoms with Crippen molar-refractivity contribution in [3.05, 3.63) is 53.5 Å². The van der Waals surface area contributed by atoms with E-state index in [0.717, 1.165) is 61.5 Å². The van der Waals surface area contributed by atoms with Gasteiger partial charge in [-0.05, 0) is 48.9 Å². The lowest BCUT2D eigenvalue weighted by Crippen LogP contribution is -2.36. The topological polar surface area (TPSA) is 42.7 Å². The Morgan fingerprint density at radius 3 is 2.81 bits per heavy atom. The monoisotopic (exact) mass is 367 g/mol. The van der Waals surface area contributed by atoms with Crippen LogP contribution in [0.3, 0.4) is 0 Å². The maximum Gasteiger partial charge on any atom is 0.226 e. The van der Waals surface area contributed by atoms with Crippen molar-refractivity contribution in [1.29, 1.82) is 0 Å². The van der Waals surface area contributed by atoms with Crippen LogP contribution in [0.4, 0.5) is 0 Å². The second-order valence-corrected chi connectivity index (χ2v) is 7.75. The van der Waals surface area contributed by atoms with Crippen molar-refractivity contribution in [3.8, 4) is 5.75 Å². The first-order chi connectivity index (χ1) is 13.2. The zero-order valence-electron chi connectivity index (χ0n) is 16.3. The fraction of sp³-hybridized carbons (Fsp3) is 0.522. The summed E-state index contributed by atoms with van der Waals surface area (Å²) >= 11 is 0. The number of furan rings is 1. The highest BCUT2D eigenvalue weighted by molar-refractivity contribution is 5.83. The van der Waals surface area contributed by atoms with Gasteiger partial charge in [0.1, 0.15) is 17.3 Å². The number of carbonyl (C=O) groups is 1. The van der Waals surface area contributed by atoms with Gasteiger partial charge in [-0.1, -0.05) is 38.0 Å². The number of amides is 1. The van der Waals surface area contributed by atoms with Crippen LogP contribution in [-0.4, -0.2) is 24.5 Å². The van der Waals surface area contributed by atoms with Crippen LogP contribution in [0, 0.1) is 5.92 Å². The number of hydrogen-bond donors (Lipinski definition) is 0. The van der Waals surface area contributed by atoms with Gasteiger partial charge in [0.15, 0.2) is 0 Å². The fourth-order valence-corrected chi connectivity index (χ4v) is 4.43. The van der Waals surface area contributed by atoms with Crippen LogP contribution in [0.5, 0.6) is 5.75 Å². The van der Waals surface area contributed by atoms with E-state index >= 15 is 0 Å². The average Bonchev–Trinajstić information content (AvgIpc) is 3.43. The molecule has 2 aliphatic rings. The van der Waals surface area contributed by atoms with E-state index in [0.29, 0.717) is 0 Å². The van der Waals surface area contributed by atoms with Crippen molar-refractivity contribution in [2.24, 2.45) is 5.92 Å². The molecule has 4 rings (SSSR count). The third-order valence-electron chi connectivity index (χ3n) is 6.04. The van der Waals surface area contributed by atoms with Crippen LogP contribution in [0.15, 0.2) is 40.8 Å². The Kier molecular flexibility index (Phi) is 5.24. The van der Waals surface area contributed by atoms with Crippen molar-refractivity contribution in [1.82, 2.24) is 4.90 Å². The summed E-state index contributed by atoms with van der Waals surface area (Å²) in [4.78, 5) is 15.5. The summed E-state index contributed by atoms with van der Waals surface area (Å²) in [6.07, 6.45) is 6.21. The molecule has 4 heteroatoms. The minimum absolute atomic E-state index is 0.0718. The zero-order valence-corrected chi connectivity index (χ0v) is 16.3. The average molecular weight is 367 g/mol. The summed E-state index contributed by atoms with van der Waals surface area (Å²) in [6.45, 7) is 2.93. The Morgan fingerprint density at radius 2 is 2.04 bits per heavy atom. The molecule has 1 aliphatic heterocycles. The molecule has 0 bridgehead atoms. The number of para-hydroxylation sites is 1. The molecule has 3 atom stereocenters. The third-order valence-corrected chi connectivity index (χ3v) is 6.04. The Labute approximate surface area is 161 Å². The van der Waals surface area contributed by atoms with Crippen molar-refractivity contribution >= 4 is 5.91 Å². The largest absolute Gasteiger partial charge is 0.496 e. The number of methoxy groups -OCH3 is 1. The smallest absolute Gasteiger partial charge is 0.226 e. The number of carbonyl (C=O) groups excluding carboxylic acids is 1. The van der Waals surface area contributed by atoms with E-state index in [4.69, 9.17) is 9.15 Å². The number of benzene rings is 1. The summed E-state index contributed by atoms with van der Waals surface area (Å²) in [7, 11) is 1.70. The molecule has 1 aliphatic carbocycles. The molecule has 0 N–H and O–H groups in total. The molecule has 1 saturated heterocycles. The molecule has 4 nitrogen and oxygen atoms in total. The molecule has 1 aromatic heterocycles. The summed E-state index contributed by atoms with van der Waals surface area (Å²) in [5.41, 5.74) is 1.16. The number of likely N-dealkylation sites (tertiary alicyclic amines) is 1. The molecular weight excluding hydrogens is 338 g/mol. The van der Waals surface area contributed by atoms with Gasteiger partial charge in [0.25, 0.3) is 0 Å². The molecule has 2 aromatic rings. The van der Waals surface area contributed by atoms with Crippen LogP contribution in [0.1, 0.15) is 68.1 Å². The van der Waals surface area contributed by atoms with Gasteiger partial charge >= 0.3 is 0 Å². The molecule has 0 spiro atoms. The van der Waals surface area contributed by atoms with Gasteiger partial charge < -0.3 is 14.1 Å². The lowest BCUT2D eigenvalue weighted by Gasteiger charge is -2.29. The summed E-state index contributed by atoms with van der Waals surface area (Å²) in [6, 6.07) is 12.3. The molecule has 2 heterocycles. The number of nitrogens with zero attached hydrogens (tertiary/aromatic N) is 1. The second-order valence-electron chi connectivity index (χ2n) is 7.75. The maximum absolute atomic E-state index is 13.4. The molecule has 1 aromatic carbocycles. The Balaban J connectivity index is 1.54. The van der Waals surface area contributed by atoms with E-state index < -0.39 is 0 Å². The van der Waals surface area contributed by atoms with Gasteiger partial charge in [-0.2, -0.15) is 0 Å². The van der Waals surface area contributed by atoms with Crippen LogP contribution < -0.4 is 4.74 Å². The molecule has 0 radical (unpaired) electrons. The molecule has 1 saturated carbocycles. The first-order valence-electron chi connectivity index (χ1n) is 10.2. The molecule has 3 unspecified atom stereocenters. The van der Waals surface area contributed by atoms with Gasteiger partial charge in [-0.15, -0.1) is 0 Å². The normalized spacial score (nSPS) is 25.1. The lowest BCUT2D eigenvalue weighted by molar-refractivity contribution is -0.135. The van der Waals surface area contributed by atoms with E-state index in [1.165, 1.54) is 6.42 Å². The molecule has 1 amide bonds. The van der Waals surface area contributed by atoms with E-state index in [9.17, 15) is 4.79 Å². The summed E-state index contributed by atoms with van der Waals surface area (Å²) in [5.74, 6) is 3.48. The maximum atomic E-state index is 13.4. The zero-order chi connectivity index (χ0) is 18.8. The van der Waals surface area contributed by atoms with Crippen molar-refractivity contribution in [3.63, 3.8) is 0 Å². The van der Waals surface area contributed by atoms with Gasteiger partial charge in [0.05, 0.1) is 13.2 Å². The van der Waals surface area contributed by atoms with Gasteiger partial charge in [0, 0.05) is 18.9 Å². The van der Waals surface area contributed by atoms with Crippen LogP contribution in [-0.2, 0) is 11.2 Å². The van der Waals surface area contributed by atoms with Crippen molar-refractivity contribution < 1.29 is 13.9 Å². The SMILES string of the molecule is CCc1ccc(C2CCCCCN2C(=O)C2CC2c2ccccc2OC)o1. The van der Waals surface area contributed by atoms with Crippen molar-refractivity contribution in [2.75, 3.05) is 13.7 Å². The number of rotatable bonds is 5. The van der Waals surface area contributed by atoms with Gasteiger partial charge in [-0.25, -0.2) is 0 Å². The van der Waals surface area contributed by atoms with Gasteiger partial charge in [0.2, 0.25) is 5.91 Å². The molecular formula is C23H29NO3. The van der Waals surface area contributed by atoms with Crippen LogP contribution in [0.2, 0.25) is 0 Å². The lowest BCUT2D eigenvalue weighted by atomic mass is 10.1. The third kappa shape index (κ3) is 3.62. The minimum Gasteiger partial charge on any atom is -0.496 e. The van der Waals surface area contributed by atoms with E-state index in [2.05, 4.69) is 30.0 Å². The van der Waals surface area contributed by atoms with E-state index in [1.807, 2.05) is 18.2 Å². The standard InChI is InChI=1S/C23H29NO3/c1-3-16-12-13-22(27-16)20-10-5-4-8-14-24(20)23(25)19-15-18(19)17-9-6-7-11-21(17)26-2/h6-7,9,11-13,18-20H,3-5,8,10,14-15H2,1-2H3. The van der Waals surface area contributed by atoms with E-state index in [-0.39, 0.29) is 23.8 Å². The van der Waals surface area contributed by atoms with Crippen LogP contribution >= 0.6 is 0 Å². The number of hydrogen-bond acceptors (Lipinski definition) is 3. The Bertz CT molecular complexity index is 796. The summed E-state index contributed by atoms with van der Waals surface area (Å²) in [5, 5.41) is 0. The number of aryl methyl sites for hydroxylation is 1. The quantitative estimate of drug-likeness (QED) is 0.738. The summed E-state index contributed by atoms with van der Waals surface area (Å²) < 4.78 is 11.5. The number of ether oxygens (including phenoxy) is 1. The Hall–Kier alpha value is -2.23. The molecule has 144 valence electrons. The molecule has 27 heavy (non-hydrogen) atoms. The minimum atomic E-state index is 0.0718. The van der Waals surface area contributed by atoms with Crippen molar-refractivity contribution in [2.45, 2.75) is 57.4 Å². The van der Waals surface area contributed by atoms with E-state index in [1.54, 1.807) is 7.11 Å². The Morgan fingerprint density at radius 1 is 1.19 bits per heavy atom. The molecule has 2 fully saturated rings. The first kappa shape index (κ1) is 18.1. The highest BCUT2D eigenvalue weighted by Gasteiger charge is 2.48. The fourth-order valence-electron chi connectivity index (χ4n) is 4.43. The predicted molar refractivity (Wildman–Crippen MR) is 105 cm³/mol. The van der Waals surface area contributed by atoms with Crippen LogP contribution in [0.25, 0.3) is 0 Å². The predicted octanol–water partition coefficient (Wildman–Crippen LogP) is 5.10.